The van der Waals surface area contributed by atoms with Crippen molar-refractivity contribution in [2.24, 2.45) is 0 Å². The van der Waals surface area contributed by atoms with E-state index in [0.29, 0.717) is 11.4 Å². The second-order valence-corrected chi connectivity index (χ2v) is 3.07. The smallest absolute Gasteiger partial charge is 0.166 e. The Morgan fingerprint density at radius 1 is 1.21 bits per heavy atom. The molecule has 0 bridgehead atoms. The fourth-order valence-corrected chi connectivity index (χ4v) is 1.36. The lowest BCUT2D eigenvalue weighted by molar-refractivity contribution is 0.111. The summed E-state index contributed by atoms with van der Waals surface area (Å²) in [7, 11) is 0. The molecule has 2 rings (SSSR count). The molecule has 1 aromatic carbocycles. The Morgan fingerprint density at radius 3 is 2.71 bits per heavy atom. The maximum atomic E-state index is 10.5. The van der Waals surface area contributed by atoms with Crippen molar-refractivity contribution >= 4 is 12.0 Å². The van der Waals surface area contributed by atoms with E-state index < -0.39 is 0 Å². The molecule has 0 unspecified atom stereocenters. The van der Waals surface area contributed by atoms with Gasteiger partial charge in [0.25, 0.3) is 0 Å². The Labute approximate surface area is 81.6 Å². The Hall–Kier alpha value is -2.03. The molecular formula is C11H10N2O. The number of nitrogens with two attached hydrogens (primary N) is 1. The fourth-order valence-electron chi connectivity index (χ4n) is 1.36. The highest BCUT2D eigenvalue weighted by molar-refractivity contribution is 5.75. The van der Waals surface area contributed by atoms with E-state index in [9.17, 15) is 4.79 Å². The number of carbonyl (C=O) groups excluding carboxylic acids is 1. The number of aromatic nitrogens is 1. The van der Waals surface area contributed by atoms with Crippen LogP contribution >= 0.6 is 0 Å². The standard InChI is InChI=1S/C11H10N2O/c12-9-3-1-2-8(6-9)11-5-4-10(7-14)13-11/h1-7,13H,12H2. The molecule has 70 valence electrons. The summed E-state index contributed by atoms with van der Waals surface area (Å²) in [6.45, 7) is 0. The van der Waals surface area contributed by atoms with Crippen LogP contribution in [0.15, 0.2) is 36.4 Å². The number of nitrogens with one attached hydrogen (secondary N) is 1. The van der Waals surface area contributed by atoms with Gasteiger partial charge in [-0.3, -0.25) is 4.79 Å². The van der Waals surface area contributed by atoms with Crippen molar-refractivity contribution < 1.29 is 4.79 Å². The molecule has 0 atom stereocenters. The Balaban J connectivity index is 2.43. The summed E-state index contributed by atoms with van der Waals surface area (Å²) < 4.78 is 0. The van der Waals surface area contributed by atoms with E-state index in [4.69, 9.17) is 5.73 Å². The van der Waals surface area contributed by atoms with Gasteiger partial charge in [-0.1, -0.05) is 12.1 Å². The first-order valence-corrected chi connectivity index (χ1v) is 4.30. The molecule has 0 aliphatic carbocycles. The molecule has 3 nitrogen and oxygen atoms in total. The van der Waals surface area contributed by atoms with Gasteiger partial charge in [0.2, 0.25) is 0 Å². The lowest BCUT2D eigenvalue weighted by atomic mass is 10.1. The first-order valence-electron chi connectivity index (χ1n) is 4.30. The molecule has 0 aliphatic rings. The van der Waals surface area contributed by atoms with Crippen LogP contribution in [0.4, 0.5) is 5.69 Å². The highest BCUT2D eigenvalue weighted by Gasteiger charge is 2.00. The third kappa shape index (κ3) is 1.52. The maximum Gasteiger partial charge on any atom is 0.166 e. The molecule has 0 saturated carbocycles. The van der Waals surface area contributed by atoms with Gasteiger partial charge in [-0.15, -0.1) is 0 Å². The molecule has 0 saturated heterocycles. The summed E-state index contributed by atoms with van der Waals surface area (Å²) in [6.07, 6.45) is 0.787. The number of aromatic amines is 1. The van der Waals surface area contributed by atoms with Crippen molar-refractivity contribution in [2.75, 3.05) is 5.73 Å². The van der Waals surface area contributed by atoms with E-state index >= 15 is 0 Å². The predicted molar refractivity (Wildman–Crippen MR) is 56.0 cm³/mol. The van der Waals surface area contributed by atoms with E-state index in [2.05, 4.69) is 4.98 Å². The number of hydrogen-bond donors (Lipinski definition) is 2. The molecule has 3 heteroatoms. The third-order valence-corrected chi connectivity index (χ3v) is 2.03. The topological polar surface area (TPSA) is 58.9 Å². The SMILES string of the molecule is Nc1cccc(-c2ccc(C=O)[nH]2)c1. The molecule has 0 amide bonds. The fraction of sp³-hybridized carbons (Fsp3) is 0. The first kappa shape index (κ1) is 8.56. The first-order chi connectivity index (χ1) is 6.79. The molecule has 1 aromatic heterocycles. The van der Waals surface area contributed by atoms with Gasteiger partial charge < -0.3 is 10.7 Å². The Morgan fingerprint density at radius 2 is 2.07 bits per heavy atom. The summed E-state index contributed by atoms with van der Waals surface area (Å²) in [5.74, 6) is 0. The van der Waals surface area contributed by atoms with Crippen molar-refractivity contribution in [3.8, 4) is 11.3 Å². The van der Waals surface area contributed by atoms with E-state index in [1.54, 1.807) is 6.07 Å². The summed E-state index contributed by atoms with van der Waals surface area (Å²) in [5.41, 5.74) is 8.82. The lowest BCUT2D eigenvalue weighted by Gasteiger charge is -1.98. The van der Waals surface area contributed by atoms with E-state index in [0.717, 1.165) is 17.5 Å². The van der Waals surface area contributed by atoms with Crippen LogP contribution in [0, 0.1) is 0 Å². The summed E-state index contributed by atoms with van der Waals surface area (Å²) in [6, 6.07) is 11.1. The van der Waals surface area contributed by atoms with Crippen LogP contribution in [-0.2, 0) is 0 Å². The van der Waals surface area contributed by atoms with Crippen molar-refractivity contribution in [2.45, 2.75) is 0 Å². The molecule has 0 spiro atoms. The quantitative estimate of drug-likeness (QED) is 0.557. The van der Waals surface area contributed by atoms with Gasteiger partial charge in [-0.25, -0.2) is 0 Å². The minimum atomic E-state index is 0.572. The van der Waals surface area contributed by atoms with Gasteiger partial charge in [0.15, 0.2) is 6.29 Å². The second kappa shape index (κ2) is 3.38. The molecule has 3 N–H and O–H groups in total. The molecule has 1 heterocycles. The zero-order valence-corrected chi connectivity index (χ0v) is 7.53. The normalized spacial score (nSPS) is 10.0. The van der Waals surface area contributed by atoms with Gasteiger partial charge >= 0.3 is 0 Å². The minimum absolute atomic E-state index is 0.572. The number of anilines is 1. The van der Waals surface area contributed by atoms with Crippen LogP contribution in [0.5, 0.6) is 0 Å². The van der Waals surface area contributed by atoms with Crippen molar-refractivity contribution in [1.29, 1.82) is 0 Å². The van der Waals surface area contributed by atoms with Crippen LogP contribution in [0.25, 0.3) is 11.3 Å². The lowest BCUT2D eigenvalue weighted by Crippen LogP contribution is -1.85. The van der Waals surface area contributed by atoms with E-state index in [1.807, 2.05) is 30.3 Å². The highest BCUT2D eigenvalue weighted by Crippen LogP contribution is 2.19. The van der Waals surface area contributed by atoms with Gasteiger partial charge in [0.05, 0.1) is 5.69 Å². The van der Waals surface area contributed by atoms with Gasteiger partial charge in [0.1, 0.15) is 0 Å². The van der Waals surface area contributed by atoms with Crippen LogP contribution < -0.4 is 5.73 Å². The number of hydrogen-bond acceptors (Lipinski definition) is 2. The van der Waals surface area contributed by atoms with Crippen molar-refractivity contribution in [3.63, 3.8) is 0 Å². The number of carbonyl (C=O) groups is 1. The predicted octanol–water partition coefficient (Wildman–Crippen LogP) is 2.08. The number of rotatable bonds is 2. The van der Waals surface area contributed by atoms with Crippen molar-refractivity contribution in [1.82, 2.24) is 4.98 Å². The third-order valence-electron chi connectivity index (χ3n) is 2.03. The molecule has 0 radical (unpaired) electrons. The maximum absolute atomic E-state index is 10.5. The van der Waals surface area contributed by atoms with E-state index in [-0.39, 0.29) is 0 Å². The van der Waals surface area contributed by atoms with Crippen LogP contribution in [0.3, 0.4) is 0 Å². The average molecular weight is 186 g/mol. The average Bonchev–Trinajstić information content (AvgIpc) is 2.66. The summed E-state index contributed by atoms with van der Waals surface area (Å²) in [4.78, 5) is 13.4. The Bertz CT molecular complexity index is 460. The number of aldehydes is 1. The number of nitrogen functional groups attached to an aromatic ring is 1. The summed E-state index contributed by atoms with van der Waals surface area (Å²) in [5, 5.41) is 0. The van der Waals surface area contributed by atoms with Gasteiger partial charge in [-0.2, -0.15) is 0 Å². The molecular weight excluding hydrogens is 176 g/mol. The van der Waals surface area contributed by atoms with Gasteiger partial charge in [-0.05, 0) is 29.8 Å². The molecule has 2 aromatic rings. The zero-order valence-electron chi connectivity index (χ0n) is 7.53. The van der Waals surface area contributed by atoms with Gasteiger partial charge in [0, 0.05) is 11.4 Å². The second-order valence-electron chi connectivity index (χ2n) is 3.07. The van der Waals surface area contributed by atoms with E-state index in [1.165, 1.54) is 0 Å². The van der Waals surface area contributed by atoms with Crippen molar-refractivity contribution in [3.05, 3.63) is 42.1 Å². The van der Waals surface area contributed by atoms with Crippen LogP contribution in [-0.4, -0.2) is 11.3 Å². The minimum Gasteiger partial charge on any atom is -0.399 e. The number of benzene rings is 1. The summed E-state index contributed by atoms with van der Waals surface area (Å²) >= 11 is 0. The van der Waals surface area contributed by atoms with Crippen LogP contribution in [0.2, 0.25) is 0 Å². The number of H-pyrrole nitrogens is 1. The molecule has 0 fully saturated rings. The Kier molecular flexibility index (Phi) is 2.07. The molecule has 14 heavy (non-hydrogen) atoms. The largest absolute Gasteiger partial charge is 0.399 e. The zero-order chi connectivity index (χ0) is 9.97. The molecule has 0 aliphatic heterocycles. The highest BCUT2D eigenvalue weighted by atomic mass is 16.1. The van der Waals surface area contributed by atoms with Crippen LogP contribution in [0.1, 0.15) is 10.5 Å². The monoisotopic (exact) mass is 186 g/mol.